The van der Waals surface area contributed by atoms with E-state index in [-0.39, 0.29) is 0 Å². The Labute approximate surface area is 342 Å². The molecule has 0 amide bonds. The minimum Gasteiger partial charge on any atom is -0.135 e. The van der Waals surface area contributed by atoms with Crippen molar-refractivity contribution in [3.8, 4) is 33.4 Å². The van der Waals surface area contributed by atoms with Crippen LogP contribution in [0.15, 0.2) is 194 Å². The lowest BCUT2D eigenvalue weighted by atomic mass is 9.84. The highest BCUT2D eigenvalue weighted by Crippen LogP contribution is 2.46. The molecule has 0 saturated carbocycles. The molecule has 0 spiro atoms. The van der Waals surface area contributed by atoms with Crippen molar-refractivity contribution in [1.29, 1.82) is 0 Å². The van der Waals surface area contributed by atoms with Crippen molar-refractivity contribution >= 4 is 117 Å². The third-order valence-corrected chi connectivity index (χ3v) is 14.6. The van der Waals surface area contributed by atoms with Crippen LogP contribution in [0, 0.1) is 0 Å². The largest absolute Gasteiger partial charge is 0.135 e. The maximum atomic E-state index is 2.42. The van der Waals surface area contributed by atoms with Crippen molar-refractivity contribution in [3.05, 3.63) is 194 Å². The lowest BCUT2D eigenvalue weighted by molar-refractivity contribution is 1.67. The quantitative estimate of drug-likeness (QED) is 0.157. The van der Waals surface area contributed by atoms with Crippen LogP contribution in [-0.4, -0.2) is 0 Å². The average Bonchev–Trinajstić information content (AvgIpc) is 3.82. The molecule has 0 saturated heterocycles. The molecule has 11 aromatic carbocycles. The average molecular weight is 769 g/mol. The summed E-state index contributed by atoms with van der Waals surface area (Å²) in [6, 6.07) is 72.8. The summed E-state index contributed by atoms with van der Waals surface area (Å²) in [5.74, 6) is 0. The molecule has 0 unspecified atom stereocenters. The van der Waals surface area contributed by atoms with Gasteiger partial charge in [-0.1, -0.05) is 140 Å². The van der Waals surface area contributed by atoms with Crippen LogP contribution in [-0.2, 0) is 0 Å². The zero-order valence-corrected chi connectivity index (χ0v) is 32.9. The highest BCUT2D eigenvalue weighted by molar-refractivity contribution is 7.26. The van der Waals surface area contributed by atoms with Crippen LogP contribution in [0.5, 0.6) is 0 Å². The van der Waals surface area contributed by atoms with Gasteiger partial charge in [0.15, 0.2) is 0 Å². The number of benzene rings is 11. The molecule has 0 nitrogen and oxygen atoms in total. The summed E-state index contributed by atoms with van der Waals surface area (Å²) < 4.78 is 5.38. The highest BCUT2D eigenvalue weighted by Gasteiger charge is 2.18. The van der Waals surface area contributed by atoms with Gasteiger partial charge in [0.05, 0.1) is 0 Å². The van der Waals surface area contributed by atoms with Gasteiger partial charge in [-0.25, -0.2) is 0 Å². The first-order valence-electron chi connectivity index (χ1n) is 19.9. The topological polar surface area (TPSA) is 0 Å². The Kier molecular flexibility index (Phi) is 6.86. The van der Waals surface area contributed by atoms with Gasteiger partial charge in [0, 0.05) is 40.3 Å². The molecule has 58 heavy (non-hydrogen) atoms. The van der Waals surface area contributed by atoms with E-state index in [1.807, 2.05) is 22.7 Å². The molecule has 268 valence electrons. The summed E-state index contributed by atoms with van der Waals surface area (Å²) in [5.41, 5.74) is 7.59. The van der Waals surface area contributed by atoms with E-state index in [2.05, 4.69) is 194 Å². The van der Waals surface area contributed by atoms with E-state index in [0.717, 1.165) is 0 Å². The van der Waals surface area contributed by atoms with Crippen LogP contribution in [0.4, 0.5) is 0 Å². The Morgan fingerprint density at radius 2 is 0.707 bits per heavy atom. The zero-order valence-electron chi connectivity index (χ0n) is 31.3. The van der Waals surface area contributed by atoms with Gasteiger partial charge < -0.3 is 0 Å². The van der Waals surface area contributed by atoms with E-state index in [1.54, 1.807) is 0 Å². The summed E-state index contributed by atoms with van der Waals surface area (Å²) >= 11 is 3.79. The standard InChI is InChI=1S/C56H32S2/c1-2-12-41-33(10-1)11-9-18-43(41)56-46-16-5-3-14-44(46)55(45-15-4-6-17-47(45)56)38-23-22-34-26-35(20-21-36(34)27-38)37-24-25-52-49(28-37)50-30-40-31-53-48(29-39(40)32-54(50)58-52)42-13-7-8-19-51(42)57-53/h1-32H. The van der Waals surface area contributed by atoms with Crippen molar-refractivity contribution in [2.45, 2.75) is 0 Å². The summed E-state index contributed by atoms with van der Waals surface area (Å²) in [5, 5.41) is 18.1. The lowest BCUT2D eigenvalue weighted by Crippen LogP contribution is -1.91. The van der Waals surface area contributed by atoms with Crippen LogP contribution in [0.3, 0.4) is 0 Å². The molecule has 13 aromatic rings. The SMILES string of the molecule is c1ccc2c(-c3c4ccccc4c(-c4ccc5cc(-c6ccc7sc8cc9cc%10c(cc9cc8c7c6)sc6ccccc6%10)ccc5c4)c4ccccc34)cccc2c1. The second-order valence-corrected chi connectivity index (χ2v) is 17.8. The molecule has 2 heterocycles. The Bertz CT molecular complexity index is 3800. The van der Waals surface area contributed by atoms with Gasteiger partial charge in [-0.2, -0.15) is 0 Å². The van der Waals surface area contributed by atoms with Crippen LogP contribution < -0.4 is 0 Å². The van der Waals surface area contributed by atoms with Gasteiger partial charge in [-0.3, -0.25) is 0 Å². The highest BCUT2D eigenvalue weighted by atomic mass is 32.1. The van der Waals surface area contributed by atoms with E-state index >= 15 is 0 Å². The lowest BCUT2D eigenvalue weighted by Gasteiger charge is -2.19. The predicted molar refractivity (Wildman–Crippen MR) is 256 cm³/mol. The summed E-state index contributed by atoms with van der Waals surface area (Å²) in [6.07, 6.45) is 0. The molecular formula is C56H32S2. The van der Waals surface area contributed by atoms with Gasteiger partial charge >= 0.3 is 0 Å². The zero-order chi connectivity index (χ0) is 37.9. The van der Waals surface area contributed by atoms with E-state index < -0.39 is 0 Å². The van der Waals surface area contributed by atoms with Crippen LogP contribution in [0.2, 0.25) is 0 Å². The second kappa shape index (κ2) is 12.3. The normalized spacial score (nSPS) is 12.1. The van der Waals surface area contributed by atoms with Gasteiger partial charge in [-0.15, -0.1) is 22.7 Å². The van der Waals surface area contributed by atoms with E-state index in [9.17, 15) is 0 Å². The number of fused-ring (bicyclic) bond motifs is 11. The fourth-order valence-corrected chi connectivity index (χ4v) is 11.9. The third kappa shape index (κ3) is 4.80. The van der Waals surface area contributed by atoms with E-state index in [1.165, 1.54) is 128 Å². The monoisotopic (exact) mass is 768 g/mol. The number of rotatable bonds is 3. The summed E-state index contributed by atoms with van der Waals surface area (Å²) in [6.45, 7) is 0. The molecule has 2 aromatic heterocycles. The first-order valence-corrected chi connectivity index (χ1v) is 21.5. The molecule has 0 aliphatic heterocycles. The van der Waals surface area contributed by atoms with E-state index in [0.29, 0.717) is 0 Å². The van der Waals surface area contributed by atoms with Gasteiger partial charge in [0.25, 0.3) is 0 Å². The third-order valence-electron chi connectivity index (χ3n) is 12.4. The molecule has 0 atom stereocenters. The van der Waals surface area contributed by atoms with Crippen molar-refractivity contribution in [1.82, 2.24) is 0 Å². The maximum absolute atomic E-state index is 2.42. The van der Waals surface area contributed by atoms with Crippen molar-refractivity contribution < 1.29 is 0 Å². The number of thiophene rings is 2. The first-order chi connectivity index (χ1) is 28.7. The van der Waals surface area contributed by atoms with E-state index in [4.69, 9.17) is 0 Å². The van der Waals surface area contributed by atoms with Crippen molar-refractivity contribution in [3.63, 3.8) is 0 Å². The Balaban J connectivity index is 0.930. The maximum Gasteiger partial charge on any atom is 0.0361 e. The van der Waals surface area contributed by atoms with Crippen molar-refractivity contribution in [2.24, 2.45) is 0 Å². The van der Waals surface area contributed by atoms with Crippen molar-refractivity contribution in [2.75, 3.05) is 0 Å². The minimum atomic E-state index is 1.24. The van der Waals surface area contributed by atoms with Gasteiger partial charge in [-0.05, 0) is 142 Å². The molecule has 0 N–H and O–H groups in total. The summed E-state index contributed by atoms with van der Waals surface area (Å²) in [7, 11) is 0. The fraction of sp³-hybridized carbons (Fsp3) is 0. The fourth-order valence-electron chi connectivity index (χ4n) is 9.68. The number of hydrogen-bond donors (Lipinski definition) is 0. The molecule has 0 aliphatic rings. The Hall–Kier alpha value is -6.84. The Morgan fingerprint density at radius 3 is 1.41 bits per heavy atom. The van der Waals surface area contributed by atoms with Crippen LogP contribution in [0.25, 0.3) is 128 Å². The summed E-state index contributed by atoms with van der Waals surface area (Å²) in [4.78, 5) is 0. The number of hydrogen-bond acceptors (Lipinski definition) is 2. The molecule has 0 radical (unpaired) electrons. The van der Waals surface area contributed by atoms with Gasteiger partial charge in [0.1, 0.15) is 0 Å². The molecule has 0 bridgehead atoms. The predicted octanol–water partition coefficient (Wildman–Crippen LogP) is 17.2. The van der Waals surface area contributed by atoms with Crippen LogP contribution >= 0.6 is 22.7 Å². The molecule has 2 heteroatoms. The molecule has 0 aliphatic carbocycles. The first kappa shape index (κ1) is 32.3. The van der Waals surface area contributed by atoms with Gasteiger partial charge in [0.2, 0.25) is 0 Å². The Morgan fingerprint density at radius 1 is 0.224 bits per heavy atom. The smallest absolute Gasteiger partial charge is 0.0361 e. The molecular weight excluding hydrogens is 737 g/mol. The molecule has 0 fully saturated rings. The molecule has 13 rings (SSSR count). The second-order valence-electron chi connectivity index (χ2n) is 15.6. The van der Waals surface area contributed by atoms with Crippen LogP contribution in [0.1, 0.15) is 0 Å². The minimum absolute atomic E-state index is 1.24.